The molecule has 0 radical (unpaired) electrons. The molecule has 0 N–H and O–H groups in total. The number of nitrogens with zero attached hydrogens (tertiary/aromatic N) is 4. The number of hydrogen-bond acceptors (Lipinski definition) is 7. The number of aromatic nitrogens is 3. The maximum atomic E-state index is 12.5. The summed E-state index contributed by atoms with van der Waals surface area (Å²) in [6.07, 6.45) is -0.623. The summed E-state index contributed by atoms with van der Waals surface area (Å²) in [6, 6.07) is 4.52. The van der Waals surface area contributed by atoms with Crippen molar-refractivity contribution in [1.29, 1.82) is 0 Å². The molecule has 1 aliphatic rings. The molecule has 2 heterocycles. The zero-order chi connectivity index (χ0) is 19.8. The van der Waals surface area contributed by atoms with E-state index in [0.717, 1.165) is 5.52 Å². The van der Waals surface area contributed by atoms with Crippen molar-refractivity contribution in [3.05, 3.63) is 23.8 Å². The molecular weight excluding hydrogens is 372 g/mol. The molecule has 3 rings (SSSR count). The van der Waals surface area contributed by atoms with Gasteiger partial charge >= 0.3 is 5.97 Å². The number of amides is 1. The molecule has 1 aromatic heterocycles. The van der Waals surface area contributed by atoms with Crippen LogP contribution in [0.4, 0.5) is 0 Å². The SMILES string of the molecule is CCn1nnc2cc(C(=O)O[C@H](C)C(=O)N(C)[C@@H]3CCS(=O)(=O)C3)ccc21. The first-order valence-electron chi connectivity index (χ1n) is 8.73. The van der Waals surface area contributed by atoms with Crippen molar-refractivity contribution in [3.63, 3.8) is 0 Å². The van der Waals surface area contributed by atoms with Crippen LogP contribution >= 0.6 is 0 Å². The van der Waals surface area contributed by atoms with Gasteiger partial charge in [0.15, 0.2) is 15.9 Å². The third-order valence-electron chi connectivity index (χ3n) is 4.78. The van der Waals surface area contributed by atoms with Crippen LogP contribution in [-0.2, 0) is 25.9 Å². The number of carbonyl (C=O) groups excluding carboxylic acids is 2. The summed E-state index contributed by atoms with van der Waals surface area (Å²) in [4.78, 5) is 26.2. The second-order valence-corrected chi connectivity index (χ2v) is 8.89. The van der Waals surface area contributed by atoms with Crippen LogP contribution in [0.1, 0.15) is 30.6 Å². The van der Waals surface area contributed by atoms with Gasteiger partial charge in [0.25, 0.3) is 5.91 Å². The molecule has 1 saturated heterocycles. The smallest absolute Gasteiger partial charge is 0.338 e. The Morgan fingerprint density at radius 1 is 1.41 bits per heavy atom. The Labute approximate surface area is 157 Å². The molecule has 146 valence electrons. The Hall–Kier alpha value is -2.49. The molecule has 9 nitrogen and oxygen atoms in total. The largest absolute Gasteiger partial charge is 0.449 e. The minimum Gasteiger partial charge on any atom is -0.449 e. The Balaban J connectivity index is 1.67. The molecule has 2 atom stereocenters. The number of likely N-dealkylation sites (N-methyl/N-ethyl adjacent to an activating group) is 1. The van der Waals surface area contributed by atoms with Gasteiger partial charge in [-0.15, -0.1) is 5.10 Å². The average molecular weight is 394 g/mol. The average Bonchev–Trinajstić information content (AvgIpc) is 3.22. The third-order valence-corrected chi connectivity index (χ3v) is 6.53. The van der Waals surface area contributed by atoms with E-state index in [1.54, 1.807) is 22.9 Å². The zero-order valence-electron chi connectivity index (χ0n) is 15.5. The Morgan fingerprint density at radius 2 is 2.15 bits per heavy atom. The topological polar surface area (TPSA) is 111 Å². The molecule has 0 saturated carbocycles. The van der Waals surface area contributed by atoms with Gasteiger partial charge in [0.2, 0.25) is 0 Å². The number of rotatable bonds is 5. The number of hydrogen-bond donors (Lipinski definition) is 0. The molecule has 0 bridgehead atoms. The van der Waals surface area contributed by atoms with Crippen LogP contribution in [-0.4, -0.2) is 70.9 Å². The van der Waals surface area contributed by atoms with Crippen LogP contribution in [0.25, 0.3) is 11.0 Å². The second kappa shape index (κ2) is 7.26. The summed E-state index contributed by atoms with van der Waals surface area (Å²) in [6.45, 7) is 4.08. The van der Waals surface area contributed by atoms with E-state index in [2.05, 4.69) is 10.3 Å². The lowest BCUT2D eigenvalue weighted by Gasteiger charge is -2.26. The molecule has 0 unspecified atom stereocenters. The molecular formula is C17H22N4O5S. The minimum atomic E-state index is -3.10. The highest BCUT2D eigenvalue weighted by molar-refractivity contribution is 7.91. The maximum absolute atomic E-state index is 12.5. The highest BCUT2D eigenvalue weighted by Crippen LogP contribution is 2.19. The molecule has 10 heteroatoms. The molecule has 0 spiro atoms. The summed E-state index contributed by atoms with van der Waals surface area (Å²) in [5, 5.41) is 8.00. The minimum absolute atomic E-state index is 0.0559. The van der Waals surface area contributed by atoms with Crippen LogP contribution in [0.5, 0.6) is 0 Å². The van der Waals surface area contributed by atoms with Crippen molar-refractivity contribution in [3.8, 4) is 0 Å². The van der Waals surface area contributed by atoms with Crippen LogP contribution in [0, 0.1) is 0 Å². The van der Waals surface area contributed by atoms with Crippen LogP contribution in [0.15, 0.2) is 18.2 Å². The Bertz CT molecular complexity index is 984. The van der Waals surface area contributed by atoms with E-state index in [9.17, 15) is 18.0 Å². The molecule has 0 aliphatic carbocycles. The van der Waals surface area contributed by atoms with Crippen molar-refractivity contribution in [2.45, 2.75) is 39.0 Å². The van der Waals surface area contributed by atoms with Gasteiger partial charge in [0, 0.05) is 19.6 Å². The number of aryl methyl sites for hydroxylation is 1. The standard InChI is InChI=1S/C17H22N4O5S/c1-4-21-15-6-5-12(9-14(15)18-19-21)17(23)26-11(2)16(22)20(3)13-7-8-27(24,25)10-13/h5-6,9,11,13H,4,7-8,10H2,1-3H3/t11-,13-/m1/s1. The van der Waals surface area contributed by atoms with E-state index in [1.807, 2.05) is 6.92 Å². The fourth-order valence-corrected chi connectivity index (χ4v) is 4.93. The highest BCUT2D eigenvalue weighted by atomic mass is 32.2. The maximum Gasteiger partial charge on any atom is 0.338 e. The van der Waals surface area contributed by atoms with Gasteiger partial charge in [-0.1, -0.05) is 5.21 Å². The predicted octanol–water partition coefficient (Wildman–Crippen LogP) is 0.642. The predicted molar refractivity (Wildman–Crippen MR) is 97.9 cm³/mol. The van der Waals surface area contributed by atoms with Gasteiger partial charge in [-0.05, 0) is 38.5 Å². The van der Waals surface area contributed by atoms with Crippen molar-refractivity contribution < 1.29 is 22.7 Å². The summed E-state index contributed by atoms with van der Waals surface area (Å²) in [5.74, 6) is -1.05. The first-order valence-corrected chi connectivity index (χ1v) is 10.6. The van der Waals surface area contributed by atoms with Gasteiger partial charge in [0.05, 0.1) is 22.6 Å². The second-order valence-electron chi connectivity index (χ2n) is 6.66. The van der Waals surface area contributed by atoms with Crippen LogP contribution in [0.3, 0.4) is 0 Å². The summed E-state index contributed by atoms with van der Waals surface area (Å²) in [7, 11) is -1.57. The number of ether oxygens (including phenoxy) is 1. The molecule has 1 fully saturated rings. The lowest BCUT2D eigenvalue weighted by molar-refractivity contribution is -0.140. The van der Waals surface area contributed by atoms with E-state index in [1.165, 1.54) is 18.9 Å². The lowest BCUT2D eigenvalue weighted by Crippen LogP contribution is -2.44. The first kappa shape index (κ1) is 19.3. The molecule has 1 amide bonds. The normalized spacial score (nSPS) is 19.7. The fourth-order valence-electron chi connectivity index (χ4n) is 3.16. The van der Waals surface area contributed by atoms with Crippen molar-refractivity contribution in [1.82, 2.24) is 19.9 Å². The first-order chi connectivity index (χ1) is 12.7. The van der Waals surface area contributed by atoms with Crippen LogP contribution < -0.4 is 0 Å². The van der Waals surface area contributed by atoms with Crippen molar-refractivity contribution in [2.24, 2.45) is 0 Å². The van der Waals surface area contributed by atoms with E-state index in [4.69, 9.17) is 4.74 Å². The number of carbonyl (C=O) groups is 2. The Morgan fingerprint density at radius 3 is 2.78 bits per heavy atom. The van der Waals surface area contributed by atoms with Crippen LogP contribution in [0.2, 0.25) is 0 Å². The fraction of sp³-hybridized carbons (Fsp3) is 0.529. The number of sulfone groups is 1. The van der Waals surface area contributed by atoms with Crippen molar-refractivity contribution in [2.75, 3.05) is 18.6 Å². The van der Waals surface area contributed by atoms with Crippen molar-refractivity contribution >= 4 is 32.7 Å². The third kappa shape index (κ3) is 3.95. The summed E-state index contributed by atoms with van der Waals surface area (Å²) < 4.78 is 30.2. The quantitative estimate of drug-likeness (QED) is 0.684. The molecule has 1 aliphatic heterocycles. The molecule has 2 aromatic rings. The zero-order valence-corrected chi connectivity index (χ0v) is 16.3. The summed E-state index contributed by atoms with van der Waals surface area (Å²) >= 11 is 0. The van der Waals surface area contributed by atoms with Gasteiger partial charge in [0.1, 0.15) is 5.52 Å². The van der Waals surface area contributed by atoms with E-state index < -0.39 is 27.8 Å². The summed E-state index contributed by atoms with van der Waals surface area (Å²) in [5.41, 5.74) is 1.65. The van der Waals surface area contributed by atoms with Gasteiger partial charge in [-0.25, -0.2) is 17.9 Å². The number of esters is 1. The van der Waals surface area contributed by atoms with Gasteiger partial charge in [-0.3, -0.25) is 4.79 Å². The van der Waals surface area contributed by atoms with E-state index in [0.29, 0.717) is 18.5 Å². The monoisotopic (exact) mass is 394 g/mol. The molecule has 1 aromatic carbocycles. The number of fused-ring (bicyclic) bond motifs is 1. The van der Waals surface area contributed by atoms with E-state index >= 15 is 0 Å². The molecule has 27 heavy (non-hydrogen) atoms. The number of benzene rings is 1. The van der Waals surface area contributed by atoms with Gasteiger partial charge in [-0.2, -0.15) is 0 Å². The Kier molecular flexibility index (Phi) is 5.18. The van der Waals surface area contributed by atoms with Gasteiger partial charge < -0.3 is 9.64 Å². The lowest BCUT2D eigenvalue weighted by atomic mass is 10.2. The highest BCUT2D eigenvalue weighted by Gasteiger charge is 2.35. The van der Waals surface area contributed by atoms with E-state index in [-0.39, 0.29) is 23.1 Å².